The molecule has 0 saturated heterocycles. The molecule has 1 aromatic heterocycles. The van der Waals surface area contributed by atoms with Crippen LogP contribution >= 0.6 is 0 Å². The number of ether oxygens (including phenoxy) is 1. The van der Waals surface area contributed by atoms with Gasteiger partial charge in [-0.15, -0.1) is 0 Å². The van der Waals surface area contributed by atoms with Gasteiger partial charge in [0.05, 0.1) is 6.54 Å². The topological polar surface area (TPSA) is 110 Å². The van der Waals surface area contributed by atoms with E-state index in [0.717, 1.165) is 22.3 Å². The van der Waals surface area contributed by atoms with E-state index in [1.165, 1.54) is 21.1 Å². The summed E-state index contributed by atoms with van der Waals surface area (Å²) in [4.78, 5) is 42.4. The van der Waals surface area contributed by atoms with Crippen LogP contribution in [0.5, 0.6) is 0 Å². The number of rotatable bonds is 9. The molecule has 3 N–H and O–H groups in total. The van der Waals surface area contributed by atoms with Crippen LogP contribution in [0.15, 0.2) is 58.1 Å². The summed E-state index contributed by atoms with van der Waals surface area (Å²) in [6.45, 7) is 6.78. The Bertz CT molecular complexity index is 1340. The summed E-state index contributed by atoms with van der Waals surface area (Å²) in [6.07, 6.45) is 3.64. The molecule has 8 nitrogen and oxygen atoms in total. The number of anilines is 2. The van der Waals surface area contributed by atoms with Crippen molar-refractivity contribution < 1.29 is 9.53 Å². The van der Waals surface area contributed by atoms with Gasteiger partial charge in [-0.25, -0.2) is 4.79 Å². The van der Waals surface area contributed by atoms with Gasteiger partial charge in [-0.3, -0.25) is 19.1 Å². The van der Waals surface area contributed by atoms with Crippen LogP contribution in [0.2, 0.25) is 0 Å². The van der Waals surface area contributed by atoms with Crippen molar-refractivity contribution in [3.8, 4) is 0 Å². The number of H-pyrrole nitrogens is 1. The predicted molar refractivity (Wildman–Crippen MR) is 140 cm³/mol. The lowest BCUT2D eigenvalue weighted by atomic mass is 10.0. The van der Waals surface area contributed by atoms with Crippen molar-refractivity contribution in [3.05, 3.63) is 97.2 Å². The van der Waals surface area contributed by atoms with Gasteiger partial charge in [0.1, 0.15) is 5.82 Å². The highest BCUT2D eigenvalue weighted by molar-refractivity contribution is 6.05. The molecular formula is C27H32N4O4. The minimum absolute atomic E-state index is 0.0527. The zero-order chi connectivity index (χ0) is 25.5. The molecular weight excluding hydrogens is 444 g/mol. The fourth-order valence-electron chi connectivity index (χ4n) is 3.87. The van der Waals surface area contributed by atoms with Gasteiger partial charge in [-0.1, -0.05) is 42.5 Å². The number of carbonyl (C=O) groups excluding carboxylic acids is 1. The van der Waals surface area contributed by atoms with E-state index in [2.05, 4.69) is 11.1 Å². The molecule has 3 rings (SSSR count). The van der Waals surface area contributed by atoms with Gasteiger partial charge in [0, 0.05) is 26.3 Å². The van der Waals surface area contributed by atoms with E-state index in [0.29, 0.717) is 13.0 Å². The predicted octanol–water partition coefficient (Wildman–Crippen LogP) is 3.18. The number of amides is 1. The second-order valence-corrected chi connectivity index (χ2v) is 8.53. The highest BCUT2D eigenvalue weighted by Gasteiger charge is 2.23. The Labute approximate surface area is 204 Å². The first-order chi connectivity index (χ1) is 16.7. The van der Waals surface area contributed by atoms with Crippen molar-refractivity contribution in [1.29, 1.82) is 0 Å². The van der Waals surface area contributed by atoms with Gasteiger partial charge >= 0.3 is 5.69 Å². The summed E-state index contributed by atoms with van der Waals surface area (Å²) < 4.78 is 6.39. The number of hydrogen-bond acceptors (Lipinski definition) is 5. The minimum Gasteiger partial charge on any atom is -0.385 e. The number of aryl methyl sites for hydroxylation is 3. The Morgan fingerprint density at radius 2 is 1.77 bits per heavy atom. The van der Waals surface area contributed by atoms with Gasteiger partial charge in [-0.05, 0) is 61.1 Å². The molecule has 1 amide bonds. The van der Waals surface area contributed by atoms with Crippen molar-refractivity contribution in [2.24, 2.45) is 0 Å². The van der Waals surface area contributed by atoms with Crippen LogP contribution in [0.4, 0.5) is 11.5 Å². The van der Waals surface area contributed by atoms with E-state index in [9.17, 15) is 14.4 Å². The number of hydrogen-bond donors (Lipinski definition) is 2. The first kappa shape index (κ1) is 25.7. The molecule has 35 heavy (non-hydrogen) atoms. The second kappa shape index (κ2) is 11.5. The Morgan fingerprint density at radius 3 is 2.46 bits per heavy atom. The largest absolute Gasteiger partial charge is 0.385 e. The molecule has 0 aliphatic heterocycles. The normalized spacial score (nSPS) is 11.2. The van der Waals surface area contributed by atoms with Gasteiger partial charge < -0.3 is 15.4 Å². The number of nitrogens with zero attached hydrogens (tertiary/aromatic N) is 2. The molecule has 0 spiro atoms. The van der Waals surface area contributed by atoms with Crippen LogP contribution in [-0.2, 0) is 16.1 Å². The standard InChI is InChI=1S/C27H32N4O4/c1-18-15-20(3)22(16-19(18)2)11-12-23(32)30(13-8-14-35-4)24-25(28)31(27(34)29-26(24)33)17-21-9-6-5-7-10-21/h5-7,9-12,15-16H,8,13-14,17,28H2,1-4H3,(H,29,33,34)/b12-11+. The van der Waals surface area contributed by atoms with Crippen LogP contribution in [-0.4, -0.2) is 35.7 Å². The molecule has 0 saturated carbocycles. The zero-order valence-corrected chi connectivity index (χ0v) is 20.6. The lowest BCUT2D eigenvalue weighted by Gasteiger charge is -2.23. The van der Waals surface area contributed by atoms with Crippen LogP contribution in [0.1, 0.15) is 34.2 Å². The van der Waals surface area contributed by atoms with Gasteiger partial charge in [0.25, 0.3) is 11.5 Å². The molecule has 0 unspecified atom stereocenters. The Kier molecular flexibility index (Phi) is 8.43. The molecule has 0 fully saturated rings. The van der Waals surface area contributed by atoms with Crippen molar-refractivity contribution in [2.45, 2.75) is 33.7 Å². The summed E-state index contributed by atoms with van der Waals surface area (Å²) >= 11 is 0. The van der Waals surface area contributed by atoms with E-state index in [4.69, 9.17) is 10.5 Å². The SMILES string of the molecule is COCCCN(C(=O)/C=C/c1cc(C)c(C)cc1C)c1c(N)n(Cc2ccccc2)c(=O)[nH]c1=O. The van der Waals surface area contributed by atoms with Crippen molar-refractivity contribution in [2.75, 3.05) is 30.9 Å². The van der Waals surface area contributed by atoms with Crippen LogP contribution in [0.25, 0.3) is 6.08 Å². The summed E-state index contributed by atoms with van der Waals surface area (Å²) in [5.74, 6) is -0.482. The number of nitrogens with two attached hydrogens (primary N) is 1. The maximum atomic E-state index is 13.3. The van der Waals surface area contributed by atoms with Crippen molar-refractivity contribution in [1.82, 2.24) is 9.55 Å². The van der Waals surface area contributed by atoms with Crippen LogP contribution in [0.3, 0.4) is 0 Å². The fourth-order valence-corrected chi connectivity index (χ4v) is 3.87. The van der Waals surface area contributed by atoms with Crippen LogP contribution < -0.4 is 21.9 Å². The summed E-state index contributed by atoms with van der Waals surface area (Å²) in [7, 11) is 1.57. The average Bonchev–Trinajstić information content (AvgIpc) is 2.82. The molecule has 0 aliphatic carbocycles. The molecule has 184 valence electrons. The van der Waals surface area contributed by atoms with Crippen molar-refractivity contribution >= 4 is 23.5 Å². The van der Waals surface area contributed by atoms with E-state index in [1.807, 2.05) is 57.2 Å². The third kappa shape index (κ3) is 6.16. The fraction of sp³-hybridized carbons (Fsp3) is 0.296. The Balaban J connectivity index is 2.02. The first-order valence-corrected chi connectivity index (χ1v) is 11.5. The third-order valence-electron chi connectivity index (χ3n) is 5.95. The lowest BCUT2D eigenvalue weighted by Crippen LogP contribution is -2.41. The third-order valence-corrected chi connectivity index (χ3v) is 5.95. The summed E-state index contributed by atoms with van der Waals surface area (Å²) in [5, 5.41) is 0. The van der Waals surface area contributed by atoms with E-state index in [-0.39, 0.29) is 24.6 Å². The number of methoxy groups -OCH3 is 1. The number of benzene rings is 2. The summed E-state index contributed by atoms with van der Waals surface area (Å²) in [5.41, 5.74) is 10.0. The lowest BCUT2D eigenvalue weighted by molar-refractivity contribution is -0.114. The molecule has 2 aromatic carbocycles. The molecule has 0 aliphatic rings. The molecule has 0 radical (unpaired) electrons. The Morgan fingerprint density at radius 1 is 1.09 bits per heavy atom. The molecule has 0 bridgehead atoms. The number of carbonyl (C=O) groups is 1. The maximum Gasteiger partial charge on any atom is 0.330 e. The molecule has 0 atom stereocenters. The maximum absolute atomic E-state index is 13.3. The zero-order valence-electron chi connectivity index (χ0n) is 20.6. The van der Waals surface area contributed by atoms with E-state index in [1.54, 1.807) is 13.2 Å². The van der Waals surface area contributed by atoms with Gasteiger partial charge in [0.15, 0.2) is 5.69 Å². The van der Waals surface area contributed by atoms with Gasteiger partial charge in [-0.2, -0.15) is 0 Å². The van der Waals surface area contributed by atoms with Crippen LogP contribution in [0, 0.1) is 20.8 Å². The Hall–Kier alpha value is -3.91. The van der Waals surface area contributed by atoms with Crippen molar-refractivity contribution in [3.63, 3.8) is 0 Å². The summed E-state index contributed by atoms with van der Waals surface area (Å²) in [6, 6.07) is 13.4. The second-order valence-electron chi connectivity index (χ2n) is 8.53. The van der Waals surface area contributed by atoms with E-state index >= 15 is 0 Å². The number of nitrogen functional groups attached to an aromatic ring is 1. The number of aromatic amines is 1. The smallest absolute Gasteiger partial charge is 0.330 e. The monoisotopic (exact) mass is 476 g/mol. The quantitative estimate of drug-likeness (QED) is 0.364. The highest BCUT2D eigenvalue weighted by atomic mass is 16.5. The number of nitrogens with one attached hydrogen (secondary N) is 1. The minimum atomic E-state index is -0.710. The molecule has 1 heterocycles. The van der Waals surface area contributed by atoms with Gasteiger partial charge in [0.2, 0.25) is 0 Å². The highest BCUT2D eigenvalue weighted by Crippen LogP contribution is 2.20. The first-order valence-electron chi connectivity index (χ1n) is 11.5. The molecule has 3 aromatic rings. The van der Waals surface area contributed by atoms with E-state index < -0.39 is 17.2 Å². The molecule has 8 heteroatoms. The number of aromatic nitrogens is 2. The average molecular weight is 477 g/mol.